The van der Waals surface area contributed by atoms with E-state index in [1.165, 1.54) is 6.07 Å². The lowest BCUT2D eigenvalue weighted by Gasteiger charge is -2.12. The zero-order valence-corrected chi connectivity index (χ0v) is 9.64. The van der Waals surface area contributed by atoms with Crippen LogP contribution in [0.1, 0.15) is 30.5 Å². The molecule has 0 N–H and O–H groups in total. The first-order valence-electron chi connectivity index (χ1n) is 5.12. The highest BCUT2D eigenvalue weighted by Crippen LogP contribution is 2.30. The first kappa shape index (κ1) is 13.6. The Morgan fingerprint density at radius 1 is 1.29 bits per heavy atom. The smallest absolute Gasteiger partial charge is 0.374 e. The van der Waals surface area contributed by atoms with Crippen LogP contribution in [-0.4, -0.2) is 6.10 Å². The molecular weight excluding hydrogens is 229 g/mol. The van der Waals surface area contributed by atoms with Crippen LogP contribution in [-0.2, 0) is 17.5 Å². The maximum absolute atomic E-state index is 12.6. The van der Waals surface area contributed by atoms with Gasteiger partial charge in [0.15, 0.2) is 0 Å². The van der Waals surface area contributed by atoms with Gasteiger partial charge in [0.25, 0.3) is 0 Å². The number of alkyl halides is 3. The van der Waals surface area contributed by atoms with Gasteiger partial charge in [-0.3, -0.25) is 0 Å². The molecule has 1 rings (SSSR count). The zero-order valence-electron chi connectivity index (χ0n) is 9.64. The summed E-state index contributed by atoms with van der Waals surface area (Å²) in [6, 6.07) is 3.54. The molecule has 0 saturated carbocycles. The molecule has 0 aliphatic carbocycles. The monoisotopic (exact) mass is 242 g/mol. The van der Waals surface area contributed by atoms with Crippen LogP contribution in [0.3, 0.4) is 0 Å². The highest BCUT2D eigenvalue weighted by molar-refractivity contribution is 5.40. The first-order chi connectivity index (χ1) is 7.82. The molecule has 0 bridgehead atoms. The van der Waals surface area contributed by atoms with E-state index in [1.54, 1.807) is 0 Å². The quantitative estimate of drug-likeness (QED) is 0.736. The van der Waals surface area contributed by atoms with E-state index < -0.39 is 11.7 Å². The summed E-state index contributed by atoms with van der Waals surface area (Å²) in [5.74, 6) is 2.21. The van der Waals surface area contributed by atoms with E-state index in [0.29, 0.717) is 5.56 Å². The van der Waals surface area contributed by atoms with Gasteiger partial charge in [-0.15, -0.1) is 6.42 Å². The number of terminal acetylenes is 1. The van der Waals surface area contributed by atoms with Gasteiger partial charge in [-0.25, -0.2) is 0 Å². The topological polar surface area (TPSA) is 9.23 Å². The summed E-state index contributed by atoms with van der Waals surface area (Å²) < 4.78 is 43.0. The third-order valence-electron chi connectivity index (χ3n) is 2.07. The fraction of sp³-hybridized carbons (Fsp3) is 0.385. The fourth-order valence-corrected chi connectivity index (χ4v) is 1.29. The lowest BCUT2D eigenvalue weighted by Crippen LogP contribution is -2.08. The Labute approximate surface area is 98.6 Å². The van der Waals surface area contributed by atoms with Crippen LogP contribution in [0.2, 0.25) is 0 Å². The van der Waals surface area contributed by atoms with Gasteiger partial charge in [0.05, 0.1) is 18.3 Å². The van der Waals surface area contributed by atoms with Gasteiger partial charge in [0, 0.05) is 5.56 Å². The Balaban J connectivity index is 3.03. The molecule has 0 spiro atoms. The summed E-state index contributed by atoms with van der Waals surface area (Å²) in [6.45, 7) is 3.75. The molecule has 0 amide bonds. The Morgan fingerprint density at radius 3 is 2.41 bits per heavy atom. The molecule has 1 nitrogen and oxygen atoms in total. The molecule has 1 aromatic rings. The molecule has 0 unspecified atom stereocenters. The minimum absolute atomic E-state index is 0.0428. The highest BCUT2D eigenvalue weighted by atomic mass is 19.4. The van der Waals surface area contributed by atoms with Crippen molar-refractivity contribution >= 4 is 0 Å². The number of ether oxygens (including phenoxy) is 1. The second-order valence-corrected chi connectivity index (χ2v) is 3.92. The number of rotatable bonds is 3. The molecule has 0 aromatic heterocycles. The van der Waals surface area contributed by atoms with E-state index in [9.17, 15) is 13.2 Å². The fourth-order valence-electron chi connectivity index (χ4n) is 1.29. The minimum atomic E-state index is -4.39. The van der Waals surface area contributed by atoms with Crippen molar-refractivity contribution in [3.05, 3.63) is 34.9 Å². The summed E-state index contributed by atoms with van der Waals surface area (Å²) in [6.07, 6.45) is 0.696. The third-order valence-corrected chi connectivity index (χ3v) is 2.07. The molecule has 0 radical (unpaired) electrons. The van der Waals surface area contributed by atoms with Crippen molar-refractivity contribution in [2.45, 2.75) is 32.7 Å². The molecule has 1 aromatic carbocycles. The van der Waals surface area contributed by atoms with Gasteiger partial charge in [-0.05, 0) is 37.6 Å². The molecule has 0 atom stereocenters. The van der Waals surface area contributed by atoms with Gasteiger partial charge in [-0.1, -0.05) is 5.92 Å². The molecule has 0 fully saturated rings. The third kappa shape index (κ3) is 4.12. The summed E-state index contributed by atoms with van der Waals surface area (Å²) in [5, 5.41) is 0. The molecule has 0 saturated heterocycles. The molecular formula is C13H13F3O. The van der Waals surface area contributed by atoms with Crippen molar-refractivity contribution < 1.29 is 17.9 Å². The zero-order chi connectivity index (χ0) is 13.1. The lowest BCUT2D eigenvalue weighted by molar-refractivity contribution is -0.137. The Morgan fingerprint density at radius 2 is 1.94 bits per heavy atom. The highest BCUT2D eigenvalue weighted by Gasteiger charge is 2.31. The summed E-state index contributed by atoms with van der Waals surface area (Å²) in [4.78, 5) is 0. The van der Waals surface area contributed by atoms with Crippen molar-refractivity contribution in [1.29, 1.82) is 0 Å². The van der Waals surface area contributed by atoms with Crippen molar-refractivity contribution in [3.8, 4) is 12.3 Å². The number of benzene rings is 1. The normalized spacial score (nSPS) is 11.6. The van der Waals surface area contributed by atoms with E-state index in [-0.39, 0.29) is 18.3 Å². The Kier molecular flexibility index (Phi) is 4.19. The van der Waals surface area contributed by atoms with E-state index in [2.05, 4.69) is 5.92 Å². The maximum Gasteiger partial charge on any atom is 0.416 e. The van der Waals surface area contributed by atoms with E-state index in [4.69, 9.17) is 11.2 Å². The number of hydrogen-bond acceptors (Lipinski definition) is 1. The van der Waals surface area contributed by atoms with Gasteiger partial charge >= 0.3 is 6.18 Å². The van der Waals surface area contributed by atoms with E-state index in [0.717, 1.165) is 12.1 Å². The molecule has 4 heteroatoms. The average molecular weight is 242 g/mol. The number of halogens is 3. The van der Waals surface area contributed by atoms with Crippen molar-refractivity contribution in [1.82, 2.24) is 0 Å². The van der Waals surface area contributed by atoms with Crippen LogP contribution in [0, 0.1) is 12.3 Å². The van der Waals surface area contributed by atoms with Crippen LogP contribution in [0.15, 0.2) is 18.2 Å². The Bertz CT molecular complexity index is 427. The Hall–Kier alpha value is -1.47. The van der Waals surface area contributed by atoms with Gasteiger partial charge in [-0.2, -0.15) is 13.2 Å². The molecule has 17 heavy (non-hydrogen) atoms. The second kappa shape index (κ2) is 5.24. The number of hydrogen-bond donors (Lipinski definition) is 0. The predicted octanol–water partition coefficient (Wildman–Crippen LogP) is 3.61. The summed E-state index contributed by atoms with van der Waals surface area (Å²) >= 11 is 0. The molecule has 0 heterocycles. The summed E-state index contributed by atoms with van der Waals surface area (Å²) in [5.41, 5.74) is -0.0982. The van der Waals surface area contributed by atoms with Crippen LogP contribution < -0.4 is 0 Å². The molecule has 0 aliphatic heterocycles. The molecule has 0 aliphatic rings. The van der Waals surface area contributed by atoms with Crippen molar-refractivity contribution in [2.75, 3.05) is 0 Å². The minimum Gasteiger partial charge on any atom is -0.374 e. The lowest BCUT2D eigenvalue weighted by atomic mass is 10.1. The van der Waals surface area contributed by atoms with Crippen molar-refractivity contribution in [3.63, 3.8) is 0 Å². The largest absolute Gasteiger partial charge is 0.416 e. The van der Waals surface area contributed by atoms with Gasteiger partial charge < -0.3 is 4.74 Å². The van der Waals surface area contributed by atoms with Crippen LogP contribution in [0.4, 0.5) is 13.2 Å². The molecule has 92 valence electrons. The van der Waals surface area contributed by atoms with Gasteiger partial charge in [0.2, 0.25) is 0 Å². The van der Waals surface area contributed by atoms with Crippen molar-refractivity contribution in [2.24, 2.45) is 0 Å². The SMILES string of the molecule is C#Cc1cc(COC(C)C)cc(C(F)(F)F)c1. The summed E-state index contributed by atoms with van der Waals surface area (Å²) in [7, 11) is 0. The maximum atomic E-state index is 12.6. The average Bonchev–Trinajstić information content (AvgIpc) is 2.24. The standard InChI is InChI=1S/C13H13F3O/c1-4-10-5-11(8-17-9(2)3)7-12(6-10)13(14,15)16/h1,5-7,9H,8H2,2-3H3. The van der Waals surface area contributed by atoms with Crippen LogP contribution in [0.5, 0.6) is 0 Å². The van der Waals surface area contributed by atoms with Crippen LogP contribution >= 0.6 is 0 Å². The van der Waals surface area contributed by atoms with Crippen LogP contribution in [0.25, 0.3) is 0 Å². The van der Waals surface area contributed by atoms with E-state index in [1.807, 2.05) is 13.8 Å². The van der Waals surface area contributed by atoms with Gasteiger partial charge in [0.1, 0.15) is 0 Å². The predicted molar refractivity (Wildman–Crippen MR) is 59.3 cm³/mol. The van der Waals surface area contributed by atoms with E-state index >= 15 is 0 Å². The first-order valence-corrected chi connectivity index (χ1v) is 5.12. The second-order valence-electron chi connectivity index (χ2n) is 3.92.